The van der Waals surface area contributed by atoms with Crippen LogP contribution in [0.3, 0.4) is 0 Å². The molecule has 0 aromatic heterocycles. The zero-order valence-corrected chi connectivity index (χ0v) is 23.4. The minimum atomic E-state index is 0.234. The maximum atomic E-state index is 5.99. The highest BCUT2D eigenvalue weighted by atomic mass is 16.6. The van der Waals surface area contributed by atoms with E-state index in [4.69, 9.17) is 4.74 Å². The predicted octanol–water partition coefficient (Wildman–Crippen LogP) is 8.90. The summed E-state index contributed by atoms with van der Waals surface area (Å²) in [4.78, 5) is 0. The van der Waals surface area contributed by atoms with Crippen molar-refractivity contribution < 1.29 is 4.74 Å². The van der Waals surface area contributed by atoms with Gasteiger partial charge in [0.05, 0.1) is 12.2 Å². The van der Waals surface area contributed by atoms with E-state index >= 15 is 0 Å². The molecule has 10 atom stereocenters. The summed E-state index contributed by atoms with van der Waals surface area (Å²) in [6.07, 6.45) is 16.5. The second-order valence-electron chi connectivity index (χ2n) is 15.9. The standard InChI is InChI=1S/C32H54O/c1-21(2)32(20-33-32)16-11-22(3)24-13-14-29(8)26-10-9-25-27(5,6)23(4)12-15-30(25)19-31(26,30)18-17-28(24,29)7/h21-26H,9-20H2,1-8H3. The largest absolute Gasteiger partial charge is 0.369 e. The van der Waals surface area contributed by atoms with E-state index in [1.54, 1.807) is 25.7 Å². The van der Waals surface area contributed by atoms with E-state index in [1.807, 2.05) is 0 Å². The molecule has 33 heavy (non-hydrogen) atoms. The highest BCUT2D eigenvalue weighted by molar-refractivity contribution is 5.30. The molecule has 6 aliphatic rings. The first-order valence-electron chi connectivity index (χ1n) is 15.0. The van der Waals surface area contributed by atoms with Gasteiger partial charge in [-0.15, -0.1) is 0 Å². The molecule has 188 valence electrons. The average molecular weight is 455 g/mol. The number of ether oxygens (including phenoxy) is 1. The summed E-state index contributed by atoms with van der Waals surface area (Å²) >= 11 is 0. The Morgan fingerprint density at radius 3 is 2.12 bits per heavy atom. The van der Waals surface area contributed by atoms with Crippen molar-refractivity contribution in [3.8, 4) is 0 Å². The molecule has 6 fully saturated rings. The van der Waals surface area contributed by atoms with Crippen molar-refractivity contribution >= 4 is 0 Å². The molecule has 5 aliphatic carbocycles. The van der Waals surface area contributed by atoms with Gasteiger partial charge in [-0.05, 0) is 133 Å². The Balaban J connectivity index is 1.24. The molecule has 1 nitrogen and oxygen atoms in total. The topological polar surface area (TPSA) is 12.5 Å². The van der Waals surface area contributed by atoms with E-state index < -0.39 is 0 Å². The fraction of sp³-hybridized carbons (Fsp3) is 1.00. The minimum absolute atomic E-state index is 0.234. The molecule has 10 unspecified atom stereocenters. The lowest BCUT2D eigenvalue weighted by molar-refractivity contribution is -0.149. The van der Waals surface area contributed by atoms with Crippen LogP contribution in [0.4, 0.5) is 0 Å². The zero-order chi connectivity index (χ0) is 23.7. The molecule has 0 amide bonds. The van der Waals surface area contributed by atoms with Crippen LogP contribution in [0.15, 0.2) is 0 Å². The molecule has 1 heterocycles. The number of rotatable bonds is 5. The Bertz CT molecular complexity index is 807. The molecule has 6 rings (SSSR count). The lowest BCUT2D eigenvalue weighted by atomic mass is 9.41. The van der Waals surface area contributed by atoms with Gasteiger partial charge in [0.25, 0.3) is 0 Å². The van der Waals surface area contributed by atoms with Crippen molar-refractivity contribution in [1.82, 2.24) is 0 Å². The van der Waals surface area contributed by atoms with E-state index in [9.17, 15) is 0 Å². The Labute approximate surface area is 205 Å². The molecule has 0 aromatic carbocycles. The lowest BCUT2D eigenvalue weighted by Gasteiger charge is -2.63. The van der Waals surface area contributed by atoms with Crippen molar-refractivity contribution in [2.24, 2.45) is 62.6 Å². The minimum Gasteiger partial charge on any atom is -0.369 e. The molecule has 0 aromatic rings. The Hall–Kier alpha value is -0.0400. The van der Waals surface area contributed by atoms with Crippen LogP contribution in [0.5, 0.6) is 0 Å². The van der Waals surface area contributed by atoms with E-state index in [0.717, 1.165) is 47.0 Å². The van der Waals surface area contributed by atoms with Crippen molar-refractivity contribution in [3.63, 3.8) is 0 Å². The molecule has 1 saturated heterocycles. The Morgan fingerprint density at radius 2 is 1.45 bits per heavy atom. The van der Waals surface area contributed by atoms with Crippen LogP contribution in [0, 0.1) is 62.6 Å². The number of hydrogen-bond donors (Lipinski definition) is 0. The van der Waals surface area contributed by atoms with Crippen LogP contribution < -0.4 is 0 Å². The molecular formula is C32H54O. The van der Waals surface area contributed by atoms with Crippen LogP contribution in [0.2, 0.25) is 0 Å². The molecule has 0 N–H and O–H groups in total. The first kappa shape index (κ1) is 23.4. The van der Waals surface area contributed by atoms with Gasteiger partial charge in [-0.1, -0.05) is 55.4 Å². The summed E-state index contributed by atoms with van der Waals surface area (Å²) < 4.78 is 5.99. The predicted molar refractivity (Wildman–Crippen MR) is 138 cm³/mol. The Kier molecular flexibility index (Phi) is 4.84. The zero-order valence-electron chi connectivity index (χ0n) is 23.4. The summed E-state index contributed by atoms with van der Waals surface area (Å²) in [6.45, 7) is 21.8. The smallest absolute Gasteiger partial charge is 0.0939 e. The summed E-state index contributed by atoms with van der Waals surface area (Å²) in [5.41, 5.74) is 3.38. The van der Waals surface area contributed by atoms with Crippen molar-refractivity contribution in [2.75, 3.05) is 6.61 Å². The summed E-state index contributed by atoms with van der Waals surface area (Å²) in [6, 6.07) is 0. The van der Waals surface area contributed by atoms with Crippen LogP contribution in [-0.4, -0.2) is 12.2 Å². The third kappa shape index (κ3) is 2.71. The van der Waals surface area contributed by atoms with Crippen LogP contribution in [0.1, 0.15) is 126 Å². The number of hydrogen-bond acceptors (Lipinski definition) is 1. The van der Waals surface area contributed by atoms with E-state index in [2.05, 4.69) is 55.4 Å². The van der Waals surface area contributed by atoms with Gasteiger partial charge in [0.1, 0.15) is 0 Å². The van der Waals surface area contributed by atoms with Gasteiger partial charge in [-0.25, -0.2) is 0 Å². The van der Waals surface area contributed by atoms with E-state index in [0.29, 0.717) is 22.2 Å². The fourth-order valence-electron chi connectivity index (χ4n) is 12.0. The first-order valence-corrected chi connectivity index (χ1v) is 15.0. The van der Waals surface area contributed by atoms with Gasteiger partial charge in [-0.3, -0.25) is 0 Å². The number of fused-ring (bicyclic) bond motifs is 2. The normalized spacial score (nSPS) is 57.0. The van der Waals surface area contributed by atoms with Gasteiger partial charge >= 0.3 is 0 Å². The highest BCUT2D eigenvalue weighted by Crippen LogP contribution is 2.89. The van der Waals surface area contributed by atoms with Crippen LogP contribution >= 0.6 is 0 Å². The maximum Gasteiger partial charge on any atom is 0.0939 e. The molecule has 0 bridgehead atoms. The summed E-state index contributed by atoms with van der Waals surface area (Å²) in [5.74, 6) is 5.37. The molecular weight excluding hydrogens is 400 g/mol. The van der Waals surface area contributed by atoms with E-state index in [1.165, 1.54) is 44.9 Å². The SMILES string of the molecule is CC(CCC1(C(C)C)CO1)C1CCC2(C)C3CCC4C(C)(C)C(C)CCC45CC35CCC12C. The third-order valence-corrected chi connectivity index (χ3v) is 15.0. The summed E-state index contributed by atoms with van der Waals surface area (Å²) in [7, 11) is 0. The quantitative estimate of drug-likeness (QED) is 0.378. The van der Waals surface area contributed by atoms with Crippen LogP contribution in [-0.2, 0) is 4.74 Å². The molecule has 1 heteroatoms. The van der Waals surface area contributed by atoms with Gasteiger partial charge in [0.2, 0.25) is 0 Å². The fourth-order valence-corrected chi connectivity index (χ4v) is 12.0. The van der Waals surface area contributed by atoms with Gasteiger partial charge in [0, 0.05) is 0 Å². The second kappa shape index (κ2) is 6.83. The maximum absolute atomic E-state index is 5.99. The van der Waals surface area contributed by atoms with Gasteiger partial charge < -0.3 is 4.74 Å². The van der Waals surface area contributed by atoms with Gasteiger partial charge in [-0.2, -0.15) is 0 Å². The van der Waals surface area contributed by atoms with Gasteiger partial charge in [0.15, 0.2) is 0 Å². The van der Waals surface area contributed by atoms with E-state index in [-0.39, 0.29) is 5.60 Å². The number of epoxide rings is 1. The molecule has 5 saturated carbocycles. The molecule has 0 radical (unpaired) electrons. The van der Waals surface area contributed by atoms with Crippen molar-refractivity contribution in [2.45, 2.75) is 132 Å². The molecule has 1 aliphatic heterocycles. The molecule has 2 spiro atoms. The van der Waals surface area contributed by atoms with Crippen LogP contribution in [0.25, 0.3) is 0 Å². The van der Waals surface area contributed by atoms with Crippen molar-refractivity contribution in [3.05, 3.63) is 0 Å². The third-order valence-electron chi connectivity index (χ3n) is 15.0. The highest BCUT2D eigenvalue weighted by Gasteiger charge is 2.81. The van der Waals surface area contributed by atoms with Crippen molar-refractivity contribution in [1.29, 1.82) is 0 Å². The second-order valence-corrected chi connectivity index (χ2v) is 15.9. The first-order chi connectivity index (χ1) is 15.4. The lowest BCUT2D eigenvalue weighted by Crippen LogP contribution is -2.56. The monoisotopic (exact) mass is 454 g/mol. The Morgan fingerprint density at radius 1 is 0.788 bits per heavy atom. The summed E-state index contributed by atoms with van der Waals surface area (Å²) in [5, 5.41) is 0. The average Bonchev–Trinajstić information content (AvgIpc) is 3.64.